The van der Waals surface area contributed by atoms with Gasteiger partial charge in [-0.2, -0.15) is 0 Å². The summed E-state index contributed by atoms with van der Waals surface area (Å²) in [5, 5.41) is 0. The SMILES string of the molecule is CCCCCC(C)(OCC)C(C)C. The second-order valence-electron chi connectivity index (χ2n) is 4.36. The molecule has 0 aliphatic rings. The molecule has 0 aromatic rings. The van der Waals surface area contributed by atoms with Gasteiger partial charge in [0.2, 0.25) is 0 Å². The van der Waals surface area contributed by atoms with E-state index in [2.05, 4.69) is 34.6 Å². The van der Waals surface area contributed by atoms with Crippen molar-refractivity contribution in [1.29, 1.82) is 0 Å². The Labute approximate surface area is 83.9 Å². The molecule has 1 heteroatoms. The van der Waals surface area contributed by atoms with Gasteiger partial charge < -0.3 is 4.74 Å². The van der Waals surface area contributed by atoms with Gasteiger partial charge in [-0.05, 0) is 26.2 Å². The Balaban J connectivity index is 3.92. The Hall–Kier alpha value is -0.0400. The van der Waals surface area contributed by atoms with Crippen molar-refractivity contribution < 1.29 is 4.74 Å². The second kappa shape index (κ2) is 6.42. The van der Waals surface area contributed by atoms with Crippen LogP contribution in [0.15, 0.2) is 0 Å². The van der Waals surface area contributed by atoms with Gasteiger partial charge >= 0.3 is 0 Å². The number of unbranched alkanes of at least 4 members (excludes halogenated alkanes) is 2. The molecule has 0 saturated carbocycles. The second-order valence-corrected chi connectivity index (χ2v) is 4.36. The first-order valence-corrected chi connectivity index (χ1v) is 5.70. The maximum atomic E-state index is 5.84. The van der Waals surface area contributed by atoms with Gasteiger partial charge in [-0.15, -0.1) is 0 Å². The zero-order chi connectivity index (χ0) is 10.3. The summed E-state index contributed by atoms with van der Waals surface area (Å²) in [6.07, 6.45) is 5.12. The number of rotatable bonds is 7. The average molecular weight is 186 g/mol. The standard InChI is InChI=1S/C12H26O/c1-6-8-9-10-12(5,11(3)4)13-7-2/h11H,6-10H2,1-5H3. The van der Waals surface area contributed by atoms with E-state index >= 15 is 0 Å². The highest BCUT2D eigenvalue weighted by molar-refractivity contribution is 4.78. The molecule has 0 radical (unpaired) electrons. The number of hydrogen-bond donors (Lipinski definition) is 0. The van der Waals surface area contributed by atoms with E-state index in [0.717, 1.165) is 6.61 Å². The van der Waals surface area contributed by atoms with E-state index in [1.807, 2.05) is 0 Å². The van der Waals surface area contributed by atoms with Crippen molar-refractivity contribution in [2.24, 2.45) is 5.92 Å². The zero-order valence-corrected chi connectivity index (χ0v) is 10.0. The lowest BCUT2D eigenvalue weighted by Crippen LogP contribution is -2.34. The summed E-state index contributed by atoms with van der Waals surface area (Å²) in [4.78, 5) is 0. The van der Waals surface area contributed by atoms with E-state index < -0.39 is 0 Å². The summed E-state index contributed by atoms with van der Waals surface area (Å²) in [6.45, 7) is 11.9. The Morgan fingerprint density at radius 1 is 1.15 bits per heavy atom. The van der Waals surface area contributed by atoms with Crippen LogP contribution in [0.25, 0.3) is 0 Å². The van der Waals surface area contributed by atoms with Gasteiger partial charge in [-0.1, -0.05) is 40.0 Å². The summed E-state index contributed by atoms with van der Waals surface area (Å²) in [5.74, 6) is 0.615. The van der Waals surface area contributed by atoms with E-state index in [1.54, 1.807) is 0 Å². The molecule has 1 nitrogen and oxygen atoms in total. The molecule has 0 amide bonds. The van der Waals surface area contributed by atoms with Gasteiger partial charge in [-0.3, -0.25) is 0 Å². The van der Waals surface area contributed by atoms with E-state index in [4.69, 9.17) is 4.74 Å². The first-order valence-electron chi connectivity index (χ1n) is 5.70. The predicted molar refractivity (Wildman–Crippen MR) is 59.0 cm³/mol. The van der Waals surface area contributed by atoms with Gasteiger partial charge in [0.15, 0.2) is 0 Å². The fraction of sp³-hybridized carbons (Fsp3) is 1.00. The van der Waals surface area contributed by atoms with Gasteiger partial charge in [0.25, 0.3) is 0 Å². The van der Waals surface area contributed by atoms with Crippen LogP contribution in [0.3, 0.4) is 0 Å². The molecular weight excluding hydrogens is 160 g/mol. The molecule has 0 aromatic heterocycles. The Morgan fingerprint density at radius 3 is 2.15 bits per heavy atom. The zero-order valence-electron chi connectivity index (χ0n) is 10.0. The molecule has 0 saturated heterocycles. The monoisotopic (exact) mass is 186 g/mol. The van der Waals surface area contributed by atoms with Crippen molar-refractivity contribution in [3.05, 3.63) is 0 Å². The minimum Gasteiger partial charge on any atom is -0.375 e. The largest absolute Gasteiger partial charge is 0.375 e. The molecule has 0 heterocycles. The first kappa shape index (κ1) is 13.0. The van der Waals surface area contributed by atoms with Gasteiger partial charge in [0.05, 0.1) is 5.60 Å². The molecule has 0 fully saturated rings. The van der Waals surface area contributed by atoms with Gasteiger partial charge in [-0.25, -0.2) is 0 Å². The molecule has 0 rings (SSSR count). The van der Waals surface area contributed by atoms with Crippen LogP contribution in [0, 0.1) is 5.92 Å². The molecular formula is C12H26O. The minimum atomic E-state index is 0.101. The molecule has 13 heavy (non-hydrogen) atoms. The van der Waals surface area contributed by atoms with Crippen LogP contribution in [0.1, 0.15) is 60.3 Å². The molecule has 1 unspecified atom stereocenters. The van der Waals surface area contributed by atoms with Crippen LogP contribution in [0.2, 0.25) is 0 Å². The van der Waals surface area contributed by atoms with Gasteiger partial charge in [0.1, 0.15) is 0 Å². The lowest BCUT2D eigenvalue weighted by atomic mass is 9.87. The van der Waals surface area contributed by atoms with E-state index in [1.165, 1.54) is 25.7 Å². The average Bonchev–Trinajstić information content (AvgIpc) is 2.05. The molecule has 0 spiro atoms. The highest BCUT2D eigenvalue weighted by Crippen LogP contribution is 2.27. The Kier molecular flexibility index (Phi) is 6.40. The van der Waals surface area contributed by atoms with Crippen molar-refractivity contribution in [3.8, 4) is 0 Å². The summed E-state index contributed by atoms with van der Waals surface area (Å²) in [5.41, 5.74) is 0.101. The number of hydrogen-bond acceptors (Lipinski definition) is 1. The lowest BCUT2D eigenvalue weighted by molar-refractivity contribution is -0.0658. The molecule has 0 N–H and O–H groups in total. The highest BCUT2D eigenvalue weighted by atomic mass is 16.5. The van der Waals surface area contributed by atoms with Crippen molar-refractivity contribution in [3.63, 3.8) is 0 Å². The molecule has 0 aromatic carbocycles. The van der Waals surface area contributed by atoms with Crippen molar-refractivity contribution >= 4 is 0 Å². The quantitative estimate of drug-likeness (QED) is 0.546. The fourth-order valence-corrected chi connectivity index (χ4v) is 1.58. The predicted octanol–water partition coefficient (Wildman–Crippen LogP) is 4.02. The number of ether oxygens (including phenoxy) is 1. The van der Waals surface area contributed by atoms with Crippen molar-refractivity contribution in [2.75, 3.05) is 6.61 Å². The van der Waals surface area contributed by atoms with E-state index in [0.29, 0.717) is 5.92 Å². The first-order chi connectivity index (χ1) is 6.06. The van der Waals surface area contributed by atoms with Crippen LogP contribution in [0.4, 0.5) is 0 Å². The Morgan fingerprint density at radius 2 is 1.77 bits per heavy atom. The summed E-state index contributed by atoms with van der Waals surface area (Å²) >= 11 is 0. The topological polar surface area (TPSA) is 9.23 Å². The summed E-state index contributed by atoms with van der Waals surface area (Å²) in [6, 6.07) is 0. The van der Waals surface area contributed by atoms with Crippen molar-refractivity contribution in [1.82, 2.24) is 0 Å². The maximum absolute atomic E-state index is 5.84. The molecule has 0 aliphatic heterocycles. The third-order valence-corrected chi connectivity index (χ3v) is 2.97. The molecule has 1 atom stereocenters. The lowest BCUT2D eigenvalue weighted by Gasteiger charge is -2.33. The van der Waals surface area contributed by atoms with Crippen LogP contribution >= 0.6 is 0 Å². The third kappa shape index (κ3) is 4.66. The minimum absolute atomic E-state index is 0.101. The molecule has 0 aliphatic carbocycles. The smallest absolute Gasteiger partial charge is 0.0677 e. The van der Waals surface area contributed by atoms with Crippen LogP contribution in [-0.2, 0) is 4.74 Å². The van der Waals surface area contributed by atoms with E-state index in [9.17, 15) is 0 Å². The summed E-state index contributed by atoms with van der Waals surface area (Å²) in [7, 11) is 0. The highest BCUT2D eigenvalue weighted by Gasteiger charge is 2.27. The van der Waals surface area contributed by atoms with Crippen LogP contribution in [-0.4, -0.2) is 12.2 Å². The fourth-order valence-electron chi connectivity index (χ4n) is 1.58. The van der Waals surface area contributed by atoms with Crippen LogP contribution < -0.4 is 0 Å². The normalized spacial score (nSPS) is 16.2. The van der Waals surface area contributed by atoms with Crippen molar-refractivity contribution in [2.45, 2.75) is 65.9 Å². The van der Waals surface area contributed by atoms with E-state index in [-0.39, 0.29) is 5.60 Å². The Bertz CT molecular complexity index is 120. The molecule has 80 valence electrons. The van der Waals surface area contributed by atoms with Crippen LogP contribution in [0.5, 0.6) is 0 Å². The third-order valence-electron chi connectivity index (χ3n) is 2.97. The maximum Gasteiger partial charge on any atom is 0.0677 e. The van der Waals surface area contributed by atoms with Gasteiger partial charge in [0, 0.05) is 6.61 Å². The summed E-state index contributed by atoms with van der Waals surface area (Å²) < 4.78 is 5.84. The molecule has 0 bridgehead atoms.